The van der Waals surface area contributed by atoms with Gasteiger partial charge in [0.1, 0.15) is 11.6 Å². The lowest BCUT2D eigenvalue weighted by Gasteiger charge is -2.11. The monoisotopic (exact) mass is 388 g/mol. The molecule has 3 rings (SSSR count). The highest BCUT2D eigenvalue weighted by Crippen LogP contribution is 2.27. The van der Waals surface area contributed by atoms with E-state index < -0.39 is 17.5 Å². The second-order valence-corrected chi connectivity index (χ2v) is 6.34. The number of rotatable bonds is 4. The third-order valence-corrected chi connectivity index (χ3v) is 4.06. The van der Waals surface area contributed by atoms with Crippen molar-refractivity contribution in [3.63, 3.8) is 0 Å². The number of benzene rings is 2. The summed E-state index contributed by atoms with van der Waals surface area (Å²) in [4.78, 5) is 20.4. The van der Waals surface area contributed by atoms with E-state index in [1.807, 2.05) is 19.9 Å². The molecule has 0 spiro atoms. The van der Waals surface area contributed by atoms with Gasteiger partial charge >= 0.3 is 0 Å². The first-order valence-electron chi connectivity index (χ1n) is 7.95. The second-order valence-electron chi connectivity index (χ2n) is 5.94. The summed E-state index contributed by atoms with van der Waals surface area (Å²) in [6.45, 7) is 3.75. The molecule has 1 amide bonds. The van der Waals surface area contributed by atoms with Gasteiger partial charge in [0.2, 0.25) is 5.95 Å². The Balaban J connectivity index is 1.74. The van der Waals surface area contributed by atoms with Gasteiger partial charge in [-0.2, -0.15) is 0 Å². The zero-order valence-corrected chi connectivity index (χ0v) is 15.2. The molecule has 27 heavy (non-hydrogen) atoms. The molecule has 5 nitrogen and oxygen atoms in total. The van der Waals surface area contributed by atoms with Crippen molar-refractivity contribution in [1.29, 1.82) is 0 Å². The summed E-state index contributed by atoms with van der Waals surface area (Å²) in [5.74, 6) is -1.81. The molecule has 0 saturated carbocycles. The number of nitrogens with one attached hydrogen (secondary N) is 2. The Labute approximate surface area is 159 Å². The molecular weight excluding hydrogens is 374 g/mol. The molecule has 0 aliphatic heterocycles. The van der Waals surface area contributed by atoms with Crippen LogP contribution in [0.1, 0.15) is 21.5 Å². The minimum atomic E-state index is -0.773. The Hall–Kier alpha value is -3.06. The molecule has 138 valence electrons. The van der Waals surface area contributed by atoms with Crippen LogP contribution in [0.15, 0.2) is 42.7 Å². The standard InChI is InChI=1S/C19H15ClF2N4O/c1-10-5-11(2)17(14(20)6-10)26-18(27)12-8-23-19(24-9-12)25-16-4-3-13(21)7-15(16)22/h3-9H,1-2H3,(H,26,27)(H,23,24,25). The first-order chi connectivity index (χ1) is 12.8. The molecule has 1 heterocycles. The van der Waals surface area contributed by atoms with Gasteiger partial charge in [-0.25, -0.2) is 18.7 Å². The van der Waals surface area contributed by atoms with Crippen molar-refractivity contribution >= 4 is 34.8 Å². The maximum absolute atomic E-state index is 13.7. The van der Waals surface area contributed by atoms with E-state index in [-0.39, 0.29) is 17.2 Å². The highest BCUT2D eigenvalue weighted by Gasteiger charge is 2.13. The van der Waals surface area contributed by atoms with Crippen molar-refractivity contribution in [1.82, 2.24) is 9.97 Å². The SMILES string of the molecule is Cc1cc(C)c(NC(=O)c2cnc(Nc3ccc(F)cc3F)nc2)c(Cl)c1. The van der Waals surface area contributed by atoms with Gasteiger partial charge in [-0.15, -0.1) is 0 Å². The fourth-order valence-electron chi connectivity index (χ4n) is 2.48. The van der Waals surface area contributed by atoms with Crippen LogP contribution in [-0.2, 0) is 0 Å². The van der Waals surface area contributed by atoms with Gasteiger partial charge in [-0.1, -0.05) is 17.7 Å². The third kappa shape index (κ3) is 4.38. The van der Waals surface area contributed by atoms with Crippen molar-refractivity contribution in [2.24, 2.45) is 0 Å². The van der Waals surface area contributed by atoms with Crippen LogP contribution >= 0.6 is 11.6 Å². The highest BCUT2D eigenvalue weighted by molar-refractivity contribution is 6.34. The van der Waals surface area contributed by atoms with Gasteiger partial charge in [0, 0.05) is 18.5 Å². The zero-order valence-electron chi connectivity index (χ0n) is 14.5. The van der Waals surface area contributed by atoms with Crippen LogP contribution in [0.2, 0.25) is 5.02 Å². The summed E-state index contributed by atoms with van der Waals surface area (Å²) in [6.07, 6.45) is 2.59. The average Bonchev–Trinajstić information content (AvgIpc) is 2.61. The lowest BCUT2D eigenvalue weighted by molar-refractivity contribution is 0.102. The maximum atomic E-state index is 13.7. The number of amides is 1. The number of aromatic nitrogens is 2. The Morgan fingerprint density at radius 3 is 2.41 bits per heavy atom. The number of halogens is 3. The Morgan fingerprint density at radius 2 is 1.78 bits per heavy atom. The van der Waals surface area contributed by atoms with E-state index in [4.69, 9.17) is 11.6 Å². The van der Waals surface area contributed by atoms with Crippen LogP contribution in [0.4, 0.5) is 26.1 Å². The summed E-state index contributed by atoms with van der Waals surface area (Å²) in [7, 11) is 0. The van der Waals surface area contributed by atoms with Crippen LogP contribution in [0.5, 0.6) is 0 Å². The quantitative estimate of drug-likeness (QED) is 0.658. The number of anilines is 3. The Kier molecular flexibility index (Phi) is 5.32. The molecule has 0 atom stereocenters. The summed E-state index contributed by atoms with van der Waals surface area (Å²) >= 11 is 6.19. The van der Waals surface area contributed by atoms with Gasteiger partial charge < -0.3 is 10.6 Å². The predicted molar refractivity (Wildman–Crippen MR) is 101 cm³/mol. The topological polar surface area (TPSA) is 66.9 Å². The van der Waals surface area contributed by atoms with E-state index in [0.717, 1.165) is 23.3 Å². The lowest BCUT2D eigenvalue weighted by atomic mass is 10.1. The molecule has 0 fully saturated rings. The predicted octanol–water partition coefficient (Wildman–Crippen LogP) is 5.02. The van der Waals surface area contributed by atoms with Gasteiger partial charge in [0.05, 0.1) is 22.0 Å². The fourth-order valence-corrected chi connectivity index (χ4v) is 2.85. The van der Waals surface area contributed by atoms with E-state index >= 15 is 0 Å². The van der Waals surface area contributed by atoms with E-state index in [0.29, 0.717) is 10.7 Å². The van der Waals surface area contributed by atoms with Crippen molar-refractivity contribution in [3.8, 4) is 0 Å². The minimum Gasteiger partial charge on any atom is -0.322 e. The Morgan fingerprint density at radius 1 is 1.07 bits per heavy atom. The molecule has 2 N–H and O–H groups in total. The highest BCUT2D eigenvalue weighted by atomic mass is 35.5. The number of aryl methyl sites for hydroxylation is 2. The largest absolute Gasteiger partial charge is 0.322 e. The summed E-state index contributed by atoms with van der Waals surface area (Å²) in [6, 6.07) is 6.75. The molecule has 1 aromatic heterocycles. The summed E-state index contributed by atoms with van der Waals surface area (Å²) in [5, 5.41) is 5.79. The Bertz CT molecular complexity index is 986. The van der Waals surface area contributed by atoms with Crippen molar-refractivity contribution in [2.45, 2.75) is 13.8 Å². The number of hydrogen-bond acceptors (Lipinski definition) is 4. The summed E-state index contributed by atoms with van der Waals surface area (Å²) in [5.41, 5.74) is 2.57. The molecule has 2 aromatic carbocycles. The van der Waals surface area contributed by atoms with Crippen LogP contribution in [0, 0.1) is 25.5 Å². The minimum absolute atomic E-state index is 0.0238. The van der Waals surface area contributed by atoms with E-state index in [9.17, 15) is 13.6 Å². The molecule has 0 unspecified atom stereocenters. The molecule has 8 heteroatoms. The summed E-state index contributed by atoms with van der Waals surface area (Å²) < 4.78 is 26.6. The van der Waals surface area contributed by atoms with Crippen molar-refractivity contribution in [2.75, 3.05) is 10.6 Å². The van der Waals surface area contributed by atoms with Crippen LogP contribution < -0.4 is 10.6 Å². The molecule has 0 saturated heterocycles. The molecule has 0 radical (unpaired) electrons. The number of carbonyl (C=O) groups is 1. The van der Waals surface area contributed by atoms with Gasteiger partial charge in [0.15, 0.2) is 0 Å². The maximum Gasteiger partial charge on any atom is 0.258 e. The van der Waals surface area contributed by atoms with Crippen LogP contribution in [0.25, 0.3) is 0 Å². The zero-order chi connectivity index (χ0) is 19.6. The number of hydrogen-bond donors (Lipinski definition) is 2. The normalized spacial score (nSPS) is 10.6. The van der Waals surface area contributed by atoms with Gasteiger partial charge in [-0.3, -0.25) is 4.79 Å². The molecule has 3 aromatic rings. The number of carbonyl (C=O) groups excluding carboxylic acids is 1. The molecule has 0 aliphatic carbocycles. The van der Waals surface area contributed by atoms with E-state index in [1.165, 1.54) is 18.5 Å². The fraction of sp³-hybridized carbons (Fsp3) is 0.105. The smallest absolute Gasteiger partial charge is 0.258 e. The van der Waals surface area contributed by atoms with Crippen molar-refractivity contribution in [3.05, 3.63) is 76.1 Å². The first kappa shape index (κ1) is 18.7. The first-order valence-corrected chi connectivity index (χ1v) is 8.33. The molecule has 0 aliphatic rings. The lowest BCUT2D eigenvalue weighted by Crippen LogP contribution is -2.14. The van der Waals surface area contributed by atoms with Gasteiger partial charge in [-0.05, 0) is 43.2 Å². The molecule has 0 bridgehead atoms. The second kappa shape index (κ2) is 7.67. The molecular formula is C19H15ClF2N4O. The van der Waals surface area contributed by atoms with Gasteiger partial charge in [0.25, 0.3) is 5.91 Å². The van der Waals surface area contributed by atoms with E-state index in [2.05, 4.69) is 20.6 Å². The van der Waals surface area contributed by atoms with Crippen molar-refractivity contribution < 1.29 is 13.6 Å². The third-order valence-electron chi connectivity index (χ3n) is 3.76. The van der Waals surface area contributed by atoms with Crippen LogP contribution in [-0.4, -0.2) is 15.9 Å². The van der Waals surface area contributed by atoms with Crippen LogP contribution in [0.3, 0.4) is 0 Å². The number of nitrogens with zero attached hydrogens (tertiary/aromatic N) is 2. The average molecular weight is 389 g/mol. The van der Waals surface area contributed by atoms with E-state index in [1.54, 1.807) is 6.07 Å².